The third kappa shape index (κ3) is 1.24. The van der Waals surface area contributed by atoms with Crippen LogP contribution in [0.15, 0.2) is 36.4 Å². The first kappa shape index (κ1) is 10.6. The van der Waals surface area contributed by atoms with Crippen LogP contribution in [0.2, 0.25) is 0 Å². The third-order valence-corrected chi connectivity index (χ3v) is 4.54. The molecule has 0 bridgehead atoms. The van der Waals surface area contributed by atoms with Gasteiger partial charge in [-0.05, 0) is 31.1 Å². The summed E-state index contributed by atoms with van der Waals surface area (Å²) in [5, 5.41) is 2.62. The van der Waals surface area contributed by atoms with Crippen LogP contribution < -0.4 is 0 Å². The molecule has 0 saturated heterocycles. The van der Waals surface area contributed by atoms with Crippen molar-refractivity contribution in [2.75, 3.05) is 0 Å². The number of aryl methyl sites for hydroxylation is 2. The second-order valence-corrected chi connectivity index (χ2v) is 5.73. The van der Waals surface area contributed by atoms with Gasteiger partial charge < -0.3 is 0 Å². The van der Waals surface area contributed by atoms with Crippen LogP contribution in [-0.2, 0) is 12.8 Å². The van der Waals surface area contributed by atoms with Crippen molar-refractivity contribution >= 4 is 10.8 Å². The maximum absolute atomic E-state index is 4.97. The molecule has 2 aliphatic carbocycles. The summed E-state index contributed by atoms with van der Waals surface area (Å²) in [5.41, 5.74) is 7.15. The number of hydrogen-bond acceptors (Lipinski definition) is 2. The molecule has 0 N–H and O–H groups in total. The van der Waals surface area contributed by atoms with E-state index < -0.39 is 0 Å². The van der Waals surface area contributed by atoms with Crippen LogP contribution in [-0.4, -0.2) is 9.97 Å². The number of hydrogen-bond donors (Lipinski definition) is 0. The highest BCUT2D eigenvalue weighted by atomic mass is 14.9. The summed E-state index contributed by atoms with van der Waals surface area (Å²) in [4.78, 5) is 9.94. The molecule has 0 saturated carbocycles. The second-order valence-electron chi connectivity index (χ2n) is 5.73. The van der Waals surface area contributed by atoms with Gasteiger partial charge in [0, 0.05) is 16.5 Å². The third-order valence-electron chi connectivity index (χ3n) is 4.54. The van der Waals surface area contributed by atoms with Crippen molar-refractivity contribution in [3.05, 3.63) is 47.8 Å². The van der Waals surface area contributed by atoms with Gasteiger partial charge in [-0.3, -0.25) is 0 Å². The summed E-state index contributed by atoms with van der Waals surface area (Å²) in [6.07, 6.45) is 4.67. The van der Waals surface area contributed by atoms with E-state index in [1.54, 1.807) is 0 Å². The van der Waals surface area contributed by atoms with Gasteiger partial charge in [0.2, 0.25) is 0 Å². The predicted octanol–water partition coefficient (Wildman–Crippen LogP) is 4.16. The van der Waals surface area contributed by atoms with Gasteiger partial charge in [0.25, 0.3) is 0 Å². The van der Waals surface area contributed by atoms with Crippen molar-refractivity contribution in [1.29, 1.82) is 0 Å². The van der Waals surface area contributed by atoms with Gasteiger partial charge in [0.05, 0.1) is 22.8 Å². The van der Waals surface area contributed by atoms with Crippen molar-refractivity contribution in [2.24, 2.45) is 0 Å². The zero-order valence-electron chi connectivity index (χ0n) is 11.2. The molecule has 2 heteroatoms. The van der Waals surface area contributed by atoms with Crippen LogP contribution in [0, 0.1) is 0 Å². The lowest BCUT2D eigenvalue weighted by molar-refractivity contribution is 0.651. The molecule has 5 rings (SSSR count). The fourth-order valence-electron chi connectivity index (χ4n) is 3.60. The highest BCUT2D eigenvalue weighted by molar-refractivity contribution is 6.13. The van der Waals surface area contributed by atoms with E-state index in [4.69, 9.17) is 9.97 Å². The van der Waals surface area contributed by atoms with Crippen molar-refractivity contribution in [3.8, 4) is 22.5 Å². The fourth-order valence-corrected chi connectivity index (χ4v) is 3.60. The Bertz CT molecular complexity index is 797. The van der Waals surface area contributed by atoms with Gasteiger partial charge in [-0.15, -0.1) is 0 Å². The molecule has 0 aliphatic heterocycles. The molecule has 3 aromatic rings. The normalized spacial score (nSPS) is 15.2. The minimum atomic E-state index is 1.09. The second kappa shape index (κ2) is 3.66. The van der Waals surface area contributed by atoms with Crippen molar-refractivity contribution in [3.63, 3.8) is 0 Å². The first-order valence-corrected chi connectivity index (χ1v) is 7.34. The molecule has 2 aliphatic rings. The Labute approximate surface area is 117 Å². The van der Waals surface area contributed by atoms with Crippen molar-refractivity contribution in [2.45, 2.75) is 25.7 Å². The molecule has 0 fully saturated rings. The van der Waals surface area contributed by atoms with E-state index in [-0.39, 0.29) is 0 Å². The lowest BCUT2D eigenvalue weighted by atomic mass is 10.00. The molecule has 0 radical (unpaired) electrons. The molecular weight excluding hydrogens is 244 g/mol. The van der Waals surface area contributed by atoms with Crippen molar-refractivity contribution < 1.29 is 0 Å². The summed E-state index contributed by atoms with van der Waals surface area (Å²) < 4.78 is 0. The first-order valence-electron chi connectivity index (χ1n) is 7.34. The lowest BCUT2D eigenvalue weighted by Gasteiger charge is -2.15. The highest BCUT2D eigenvalue weighted by Crippen LogP contribution is 2.45. The summed E-state index contributed by atoms with van der Waals surface area (Å²) in [6, 6.07) is 13.0. The zero-order chi connectivity index (χ0) is 13.1. The Kier molecular flexibility index (Phi) is 1.93. The van der Waals surface area contributed by atoms with E-state index >= 15 is 0 Å². The van der Waals surface area contributed by atoms with Crippen LogP contribution in [0.5, 0.6) is 0 Å². The monoisotopic (exact) mass is 258 g/mol. The standard InChI is InChI=1S/C18H14N2/c1-2-10-15-14(9-1)19-17-12-7-3-5-11-6-4-8-13(16(11)12)18(17)20-15/h3-8H,1-2,9-10H2. The molecule has 0 atom stereocenters. The number of benzene rings is 2. The Morgan fingerprint density at radius 3 is 1.80 bits per heavy atom. The molecule has 1 heterocycles. The molecule has 20 heavy (non-hydrogen) atoms. The van der Waals surface area contributed by atoms with E-state index in [1.807, 2.05) is 0 Å². The van der Waals surface area contributed by atoms with E-state index in [0.29, 0.717) is 0 Å². The van der Waals surface area contributed by atoms with Crippen molar-refractivity contribution in [1.82, 2.24) is 9.97 Å². The maximum Gasteiger partial charge on any atom is 0.0975 e. The number of nitrogens with zero attached hydrogens (tertiary/aromatic N) is 2. The first-order chi connectivity index (χ1) is 9.92. The van der Waals surface area contributed by atoms with E-state index in [2.05, 4.69) is 36.4 Å². The van der Waals surface area contributed by atoms with E-state index in [9.17, 15) is 0 Å². The number of rotatable bonds is 0. The van der Waals surface area contributed by atoms with Crippen LogP contribution >= 0.6 is 0 Å². The minimum Gasteiger partial charge on any atom is -0.249 e. The predicted molar refractivity (Wildman–Crippen MR) is 80.6 cm³/mol. The van der Waals surface area contributed by atoms with Crippen LogP contribution in [0.25, 0.3) is 33.3 Å². The zero-order valence-corrected chi connectivity index (χ0v) is 11.2. The van der Waals surface area contributed by atoms with Crippen LogP contribution in [0.3, 0.4) is 0 Å². The van der Waals surface area contributed by atoms with Gasteiger partial charge in [0.15, 0.2) is 0 Å². The van der Waals surface area contributed by atoms with E-state index in [1.165, 1.54) is 46.1 Å². The minimum absolute atomic E-state index is 1.09. The largest absolute Gasteiger partial charge is 0.249 e. The van der Waals surface area contributed by atoms with E-state index in [0.717, 1.165) is 24.2 Å². The summed E-state index contributed by atoms with van der Waals surface area (Å²) in [6.45, 7) is 0. The Balaban J connectivity index is 1.91. The molecule has 0 spiro atoms. The van der Waals surface area contributed by atoms with Gasteiger partial charge in [-0.1, -0.05) is 36.4 Å². The highest BCUT2D eigenvalue weighted by Gasteiger charge is 2.26. The summed E-state index contributed by atoms with van der Waals surface area (Å²) in [5.74, 6) is 0. The quantitative estimate of drug-likeness (QED) is 0.473. The molecule has 0 unspecified atom stereocenters. The molecule has 0 amide bonds. The average Bonchev–Trinajstić information content (AvgIpc) is 2.82. The summed E-state index contributed by atoms with van der Waals surface area (Å²) in [7, 11) is 0. The molecular formula is C18H14N2. The van der Waals surface area contributed by atoms with Crippen LogP contribution in [0.4, 0.5) is 0 Å². The Morgan fingerprint density at radius 2 is 1.25 bits per heavy atom. The average molecular weight is 258 g/mol. The van der Waals surface area contributed by atoms with Gasteiger partial charge in [-0.2, -0.15) is 0 Å². The lowest BCUT2D eigenvalue weighted by Crippen LogP contribution is -2.09. The number of aromatic nitrogens is 2. The molecule has 1 aromatic heterocycles. The van der Waals surface area contributed by atoms with Gasteiger partial charge in [0.1, 0.15) is 0 Å². The SMILES string of the molecule is c1cc2c3c(cccc3c1)-c1nc3c(nc1-2)CCCC3. The van der Waals surface area contributed by atoms with Gasteiger partial charge in [-0.25, -0.2) is 9.97 Å². The Morgan fingerprint density at radius 1 is 0.700 bits per heavy atom. The summed E-state index contributed by atoms with van der Waals surface area (Å²) >= 11 is 0. The fraction of sp³-hybridized carbons (Fsp3) is 0.222. The molecule has 2 nitrogen and oxygen atoms in total. The smallest absolute Gasteiger partial charge is 0.0975 e. The topological polar surface area (TPSA) is 25.8 Å². The molecule has 2 aromatic carbocycles. The van der Waals surface area contributed by atoms with Gasteiger partial charge >= 0.3 is 0 Å². The Hall–Kier alpha value is -2.22. The maximum atomic E-state index is 4.97. The number of fused-ring (bicyclic) bond motifs is 4. The molecule has 96 valence electrons. The van der Waals surface area contributed by atoms with Crippen LogP contribution in [0.1, 0.15) is 24.2 Å².